The van der Waals surface area contributed by atoms with Gasteiger partial charge in [0.15, 0.2) is 5.54 Å². The maximum Gasteiger partial charge on any atom is 0.416 e. The number of halogens is 3. The van der Waals surface area contributed by atoms with Crippen molar-refractivity contribution < 1.29 is 45.4 Å². The van der Waals surface area contributed by atoms with Crippen molar-refractivity contribution in [2.24, 2.45) is 5.41 Å². The zero-order chi connectivity index (χ0) is 46.0. The van der Waals surface area contributed by atoms with E-state index in [1.807, 2.05) is 26.2 Å². The first kappa shape index (κ1) is 45.6. The molecule has 1 saturated heterocycles. The van der Waals surface area contributed by atoms with E-state index in [2.05, 4.69) is 27.7 Å². The number of aromatic nitrogens is 2. The number of thiazole rings is 1. The molecular weight excluding hydrogens is 858 g/mol. The highest BCUT2D eigenvalue weighted by Gasteiger charge is 2.61. The highest BCUT2D eigenvalue weighted by atomic mass is 32.2. The first-order chi connectivity index (χ1) is 29.4. The van der Waals surface area contributed by atoms with Crippen molar-refractivity contribution in [3.63, 3.8) is 0 Å². The van der Waals surface area contributed by atoms with Crippen molar-refractivity contribution in [3.05, 3.63) is 82.5 Å². The molecule has 18 heteroatoms. The lowest BCUT2D eigenvalue weighted by atomic mass is 9.85. The second kappa shape index (κ2) is 16.3. The molecule has 7 rings (SSSR count). The smallest absolute Gasteiger partial charge is 0.416 e. The van der Waals surface area contributed by atoms with Gasteiger partial charge in [0.2, 0.25) is 21.8 Å². The molecule has 3 aliphatic rings. The minimum atomic E-state index is -4.64. The normalized spacial score (nSPS) is 21.1. The fourth-order valence-electron chi connectivity index (χ4n) is 7.70. The number of likely N-dealkylation sites (tertiary alicyclic amines) is 1. The molecule has 0 radical (unpaired) electrons. The average Bonchev–Trinajstić information content (AvgIpc) is 4.00. The predicted octanol–water partition coefficient (Wildman–Crippen LogP) is 7.66. The van der Waals surface area contributed by atoms with Gasteiger partial charge in [0, 0.05) is 46.5 Å². The number of rotatable bonds is 13. The molecule has 3 fully saturated rings. The number of aryl methyl sites for hydroxylation is 1. The van der Waals surface area contributed by atoms with Gasteiger partial charge < -0.3 is 25.0 Å². The number of carbonyl (C=O) groups excluding carboxylic acids is 3. The minimum Gasteiger partial charge on any atom is -0.496 e. The second-order valence-corrected chi connectivity index (χ2v) is 21.2. The summed E-state index contributed by atoms with van der Waals surface area (Å²) < 4.78 is 81.0. The fraction of sp³-hybridized carbons (Fsp3) is 0.467. The monoisotopic (exact) mass is 908 g/mol. The van der Waals surface area contributed by atoms with Crippen molar-refractivity contribution in [3.8, 4) is 22.2 Å². The Morgan fingerprint density at radius 2 is 1.78 bits per heavy atom. The van der Waals surface area contributed by atoms with Gasteiger partial charge in [-0.3, -0.25) is 19.1 Å². The topological polar surface area (TPSA) is 169 Å². The van der Waals surface area contributed by atoms with Gasteiger partial charge in [0.05, 0.1) is 35.2 Å². The molecular formula is C45H51F3N6O7S2. The molecule has 13 nitrogen and oxygen atoms in total. The summed E-state index contributed by atoms with van der Waals surface area (Å²) in [7, 11) is -2.54. The Hall–Kier alpha value is -5.45. The lowest BCUT2D eigenvalue weighted by Crippen LogP contribution is -2.58. The molecule has 4 atom stereocenters. The molecule has 63 heavy (non-hydrogen) atoms. The first-order valence-corrected chi connectivity index (χ1v) is 22.9. The van der Waals surface area contributed by atoms with E-state index in [4.69, 9.17) is 19.4 Å². The second-order valence-electron chi connectivity index (χ2n) is 18.1. The van der Waals surface area contributed by atoms with E-state index in [1.165, 1.54) is 35.3 Å². The largest absolute Gasteiger partial charge is 0.496 e. The van der Waals surface area contributed by atoms with Gasteiger partial charge in [-0.25, -0.2) is 18.4 Å². The fourth-order valence-corrected chi connectivity index (χ4v) is 9.94. The van der Waals surface area contributed by atoms with Crippen LogP contribution < -0.4 is 24.8 Å². The molecule has 4 aromatic rings. The third-order valence-corrected chi connectivity index (χ3v) is 15.1. The highest BCUT2D eigenvalue weighted by Crippen LogP contribution is 2.46. The molecule has 2 aliphatic carbocycles. The summed E-state index contributed by atoms with van der Waals surface area (Å²) in [6, 6.07) is 7.40. The van der Waals surface area contributed by atoms with Crippen LogP contribution in [-0.2, 0) is 30.6 Å². The van der Waals surface area contributed by atoms with Crippen molar-refractivity contribution in [2.45, 2.75) is 115 Å². The summed E-state index contributed by atoms with van der Waals surface area (Å²) >= 11 is 1.43. The third-order valence-electron chi connectivity index (χ3n) is 12.1. The Morgan fingerprint density at radius 3 is 2.37 bits per heavy atom. The van der Waals surface area contributed by atoms with E-state index in [9.17, 15) is 36.0 Å². The van der Waals surface area contributed by atoms with Crippen LogP contribution in [0.3, 0.4) is 0 Å². The molecule has 0 bridgehead atoms. The molecule has 2 aromatic heterocycles. The van der Waals surface area contributed by atoms with Crippen LogP contribution in [0.25, 0.3) is 21.6 Å². The number of nitrogens with one attached hydrogen (secondary N) is 3. The first-order valence-electron chi connectivity index (χ1n) is 20.5. The van der Waals surface area contributed by atoms with Gasteiger partial charge in [-0.1, -0.05) is 47.3 Å². The van der Waals surface area contributed by atoms with E-state index in [0.29, 0.717) is 45.9 Å². The molecule has 0 spiro atoms. The van der Waals surface area contributed by atoms with Gasteiger partial charge >= 0.3 is 6.18 Å². The molecule has 336 valence electrons. The number of carbonyl (C=O) groups is 3. The minimum absolute atomic E-state index is 0.0374. The lowest BCUT2D eigenvalue weighted by molar-refractivity contribution is -0.141. The third kappa shape index (κ3) is 8.89. The number of methoxy groups -OCH3 is 1. The molecule has 3 amide bonds. The van der Waals surface area contributed by atoms with E-state index >= 15 is 0 Å². The number of hydrogen-bond donors (Lipinski definition) is 3. The van der Waals surface area contributed by atoms with E-state index < -0.39 is 73.4 Å². The van der Waals surface area contributed by atoms with Crippen LogP contribution in [0.5, 0.6) is 11.5 Å². The van der Waals surface area contributed by atoms with Crippen molar-refractivity contribution in [2.75, 3.05) is 19.0 Å². The highest BCUT2D eigenvalue weighted by molar-refractivity contribution is 7.91. The van der Waals surface area contributed by atoms with Gasteiger partial charge in [-0.05, 0) is 68.4 Å². The average molecular weight is 909 g/mol. The van der Waals surface area contributed by atoms with Gasteiger partial charge in [-0.2, -0.15) is 13.2 Å². The molecule has 2 aromatic carbocycles. The SMILES string of the molecule is C=C=C1C[C@]1(NC(=O)[C@@H]1C[C@@H](Oc2cc(-c3nc(C(C)C)cs3)nc3c(C)c(OC)ccc23)CN1C(=O)[C@@H](Nc1cccc(C(F)(F)F)c1)C(C)(C)C)C(=O)NS(=O)(=O)C1(C)CC1. The van der Waals surface area contributed by atoms with Crippen molar-refractivity contribution in [1.82, 2.24) is 24.9 Å². The van der Waals surface area contributed by atoms with Crippen molar-refractivity contribution in [1.29, 1.82) is 0 Å². The summed E-state index contributed by atoms with van der Waals surface area (Å²) in [5.41, 5.74) is 2.08. The van der Waals surface area contributed by atoms with Crippen LogP contribution in [0.2, 0.25) is 0 Å². The number of fused-ring (bicyclic) bond motifs is 1. The van der Waals surface area contributed by atoms with Crippen LogP contribution in [0.1, 0.15) is 90.0 Å². The Balaban J connectivity index is 1.26. The molecule has 3 N–H and O–H groups in total. The van der Waals surface area contributed by atoms with Crippen molar-refractivity contribution >= 4 is 55.7 Å². The van der Waals surface area contributed by atoms with E-state index in [-0.39, 0.29) is 36.6 Å². The molecule has 3 heterocycles. The van der Waals surface area contributed by atoms with Gasteiger partial charge in [-0.15, -0.1) is 17.1 Å². The number of benzene rings is 2. The summed E-state index contributed by atoms with van der Waals surface area (Å²) in [5.74, 6) is -1.20. The van der Waals surface area contributed by atoms with Crippen LogP contribution in [0.4, 0.5) is 18.9 Å². The number of pyridine rings is 1. The van der Waals surface area contributed by atoms with Crippen LogP contribution in [-0.4, -0.2) is 83.1 Å². The number of ether oxygens (including phenoxy) is 2. The molecule has 1 aliphatic heterocycles. The zero-order valence-electron chi connectivity index (χ0n) is 36.3. The molecule has 0 unspecified atom stereocenters. The van der Waals surface area contributed by atoms with Crippen LogP contribution >= 0.6 is 11.3 Å². The van der Waals surface area contributed by atoms with E-state index in [1.54, 1.807) is 46.1 Å². The summed E-state index contributed by atoms with van der Waals surface area (Å²) in [6.45, 7) is 16.2. The molecule has 2 saturated carbocycles. The summed E-state index contributed by atoms with van der Waals surface area (Å²) in [4.78, 5) is 54.4. The zero-order valence-corrected chi connectivity index (χ0v) is 38.0. The Labute approximate surface area is 368 Å². The van der Waals surface area contributed by atoms with Crippen LogP contribution in [0.15, 0.2) is 65.7 Å². The number of amides is 3. The maximum absolute atomic E-state index is 14.9. The number of sulfonamides is 1. The maximum atomic E-state index is 14.9. The summed E-state index contributed by atoms with van der Waals surface area (Å²) in [5, 5.41) is 8.99. The quantitative estimate of drug-likeness (QED) is 0.113. The number of hydrogen-bond acceptors (Lipinski definition) is 11. The Bertz CT molecular complexity index is 2670. The van der Waals surface area contributed by atoms with E-state index in [0.717, 1.165) is 23.4 Å². The predicted molar refractivity (Wildman–Crippen MR) is 234 cm³/mol. The number of alkyl halides is 3. The Kier molecular flexibility index (Phi) is 11.8. The van der Waals surface area contributed by atoms with Gasteiger partial charge in [0.1, 0.15) is 40.4 Å². The lowest BCUT2D eigenvalue weighted by Gasteiger charge is -2.36. The van der Waals surface area contributed by atoms with Gasteiger partial charge in [0.25, 0.3) is 5.91 Å². The number of anilines is 1. The Morgan fingerprint density at radius 1 is 1.06 bits per heavy atom. The standard InChI is InChI=1S/C45H51F3N6O7S2/c1-10-26-21-44(26,41(57)53-63(58,59)43(8)16-17-43)52-38(55)33-19-29(22-54(33)40(56)37(42(5,6)7)49-28-13-11-12-27(18-28)45(46,47)48)61-35-20-31(39-51-32(23-62-39)24(2)3)50-36-25(4)34(60-9)15-14-30(35)36/h11-15,18,20,23-24,29,33,37,49H,1,16-17,19,21-22H2,2-9H3,(H,52,55)(H,53,57)/t29-,33+,37-,44-/m1/s1. The summed E-state index contributed by atoms with van der Waals surface area (Å²) in [6.07, 6.45) is -4.89. The number of nitrogens with zero attached hydrogens (tertiary/aromatic N) is 3. The van der Waals surface area contributed by atoms with Crippen LogP contribution in [0, 0.1) is 12.3 Å².